The quantitative estimate of drug-likeness (QED) is 0.432. The Labute approximate surface area is 177 Å². The summed E-state index contributed by atoms with van der Waals surface area (Å²) in [6.07, 6.45) is 0. The Balaban J connectivity index is 1.18. The molecule has 5 rings (SSSR count). The smallest absolute Gasteiger partial charge is 0.269 e. The van der Waals surface area contributed by atoms with E-state index < -0.39 is 0 Å². The van der Waals surface area contributed by atoms with E-state index in [1.54, 1.807) is 28.9 Å². The number of non-ortho nitro benzene ring substituents is 1. The van der Waals surface area contributed by atoms with Crippen LogP contribution in [0.25, 0.3) is 0 Å². The minimum absolute atomic E-state index is 0.108. The monoisotopic (exact) mass is 423 g/mol. The van der Waals surface area contributed by atoms with Crippen LogP contribution < -0.4 is 14.4 Å². The summed E-state index contributed by atoms with van der Waals surface area (Å²) >= 11 is 0. The molecule has 0 amide bonds. The van der Waals surface area contributed by atoms with Gasteiger partial charge in [0, 0.05) is 44.0 Å². The van der Waals surface area contributed by atoms with Gasteiger partial charge in [0.15, 0.2) is 17.3 Å². The topological polar surface area (TPSA) is 112 Å². The summed E-state index contributed by atoms with van der Waals surface area (Å²) in [7, 11) is 0. The number of rotatable bonds is 6. The second-order valence-electron chi connectivity index (χ2n) is 7.48. The van der Waals surface area contributed by atoms with Gasteiger partial charge in [-0.3, -0.25) is 15.0 Å². The van der Waals surface area contributed by atoms with E-state index in [9.17, 15) is 10.1 Å². The normalized spacial score (nSPS) is 15.9. The van der Waals surface area contributed by atoms with Crippen molar-refractivity contribution in [1.29, 1.82) is 0 Å². The number of anilines is 1. The van der Waals surface area contributed by atoms with Crippen LogP contribution in [0, 0.1) is 10.1 Å². The molecular weight excluding hydrogens is 402 g/mol. The van der Waals surface area contributed by atoms with Crippen molar-refractivity contribution in [3.63, 3.8) is 0 Å². The van der Waals surface area contributed by atoms with Gasteiger partial charge >= 0.3 is 0 Å². The molecule has 0 bridgehead atoms. The highest BCUT2D eigenvalue weighted by Crippen LogP contribution is 2.32. The lowest BCUT2D eigenvalue weighted by Gasteiger charge is -2.35. The Kier molecular flexibility index (Phi) is 5.08. The van der Waals surface area contributed by atoms with Crippen LogP contribution in [0.3, 0.4) is 0 Å². The molecule has 1 aromatic heterocycles. The maximum absolute atomic E-state index is 10.8. The molecule has 0 aliphatic carbocycles. The summed E-state index contributed by atoms with van der Waals surface area (Å²) in [5, 5.41) is 23.0. The largest absolute Gasteiger partial charge is 0.454 e. The van der Waals surface area contributed by atoms with Gasteiger partial charge in [0.1, 0.15) is 0 Å². The third kappa shape index (κ3) is 4.12. The molecule has 0 atom stereocenters. The molecule has 11 nitrogen and oxygen atoms in total. The number of benzene rings is 2. The third-order valence-corrected chi connectivity index (χ3v) is 5.54. The lowest BCUT2D eigenvalue weighted by molar-refractivity contribution is -0.384. The summed E-state index contributed by atoms with van der Waals surface area (Å²) in [5.74, 6) is 2.31. The minimum atomic E-state index is -0.379. The first-order valence-corrected chi connectivity index (χ1v) is 10.0. The van der Waals surface area contributed by atoms with Gasteiger partial charge in [-0.1, -0.05) is 6.07 Å². The molecule has 0 radical (unpaired) electrons. The first-order valence-electron chi connectivity index (χ1n) is 10.0. The van der Waals surface area contributed by atoms with Crippen LogP contribution in [0.5, 0.6) is 11.5 Å². The highest BCUT2D eigenvalue weighted by molar-refractivity contribution is 5.51. The number of ether oxygens (including phenoxy) is 2. The summed E-state index contributed by atoms with van der Waals surface area (Å²) in [6, 6.07) is 12.6. The molecule has 2 aliphatic rings. The first-order chi connectivity index (χ1) is 15.2. The van der Waals surface area contributed by atoms with Crippen molar-refractivity contribution >= 4 is 11.4 Å². The van der Waals surface area contributed by atoms with Gasteiger partial charge < -0.3 is 14.4 Å². The average Bonchev–Trinajstić information content (AvgIpc) is 3.43. The molecule has 3 heterocycles. The lowest BCUT2D eigenvalue weighted by Crippen LogP contribution is -2.46. The number of nitro benzene ring substituents is 1. The molecule has 0 N–H and O–H groups in total. The lowest BCUT2D eigenvalue weighted by atomic mass is 10.2. The Bertz CT molecular complexity index is 1080. The molecule has 0 saturated carbocycles. The standard InChI is InChI=1S/C20H21N7O4/c28-27(29)17-4-2-16(3-5-17)25-9-7-24(8-10-25)13-20-21-22-23-26(20)12-15-1-6-18-19(11-15)31-14-30-18/h1-6,11H,7-10,12-14H2. The predicted octanol–water partition coefficient (Wildman–Crippen LogP) is 1.68. The number of hydrogen-bond acceptors (Lipinski definition) is 9. The van der Waals surface area contributed by atoms with Crippen molar-refractivity contribution in [2.75, 3.05) is 37.9 Å². The summed E-state index contributed by atoms with van der Waals surface area (Å²) in [6.45, 7) is 4.85. The molecule has 0 spiro atoms. The molecule has 1 fully saturated rings. The van der Waals surface area contributed by atoms with Crippen molar-refractivity contribution in [2.24, 2.45) is 0 Å². The van der Waals surface area contributed by atoms with Crippen LogP contribution in [0.4, 0.5) is 11.4 Å². The Hall–Kier alpha value is -3.73. The van der Waals surface area contributed by atoms with Gasteiger partial charge in [-0.15, -0.1) is 5.10 Å². The molecule has 3 aromatic rings. The summed E-state index contributed by atoms with van der Waals surface area (Å²) in [5.41, 5.74) is 2.15. The van der Waals surface area contributed by atoms with Crippen LogP contribution in [0.1, 0.15) is 11.4 Å². The summed E-state index contributed by atoms with van der Waals surface area (Å²) < 4.78 is 12.6. The first kappa shape index (κ1) is 19.2. The second-order valence-corrected chi connectivity index (χ2v) is 7.48. The number of hydrogen-bond donors (Lipinski definition) is 0. The van der Waals surface area contributed by atoms with Crippen LogP contribution in [-0.2, 0) is 13.1 Å². The van der Waals surface area contributed by atoms with Crippen LogP contribution in [-0.4, -0.2) is 63.0 Å². The highest BCUT2D eigenvalue weighted by Gasteiger charge is 2.21. The fraction of sp³-hybridized carbons (Fsp3) is 0.350. The molecule has 0 unspecified atom stereocenters. The van der Waals surface area contributed by atoms with Crippen molar-refractivity contribution in [3.05, 3.63) is 64.0 Å². The SMILES string of the molecule is O=[N+]([O-])c1ccc(N2CCN(Cc3nnnn3Cc3ccc4c(c3)OCO4)CC2)cc1. The van der Waals surface area contributed by atoms with Gasteiger partial charge in [0.25, 0.3) is 5.69 Å². The fourth-order valence-corrected chi connectivity index (χ4v) is 3.82. The second kappa shape index (κ2) is 8.19. The van der Waals surface area contributed by atoms with Crippen LogP contribution >= 0.6 is 0 Å². The number of nitro groups is 1. The van der Waals surface area contributed by atoms with Crippen molar-refractivity contribution in [3.8, 4) is 11.5 Å². The maximum Gasteiger partial charge on any atom is 0.269 e. The number of aromatic nitrogens is 4. The van der Waals surface area contributed by atoms with Crippen molar-refractivity contribution in [2.45, 2.75) is 13.1 Å². The van der Waals surface area contributed by atoms with Crippen molar-refractivity contribution in [1.82, 2.24) is 25.1 Å². The Morgan fingerprint density at radius 3 is 2.52 bits per heavy atom. The van der Waals surface area contributed by atoms with E-state index in [1.807, 2.05) is 18.2 Å². The Morgan fingerprint density at radius 2 is 1.74 bits per heavy atom. The molecule has 1 saturated heterocycles. The van der Waals surface area contributed by atoms with E-state index >= 15 is 0 Å². The molecule has 2 aromatic carbocycles. The Morgan fingerprint density at radius 1 is 0.968 bits per heavy atom. The average molecular weight is 423 g/mol. The van der Waals surface area contributed by atoms with Crippen molar-refractivity contribution < 1.29 is 14.4 Å². The van der Waals surface area contributed by atoms with E-state index in [0.717, 1.165) is 54.8 Å². The zero-order chi connectivity index (χ0) is 21.2. The highest BCUT2D eigenvalue weighted by atomic mass is 16.7. The third-order valence-electron chi connectivity index (χ3n) is 5.54. The zero-order valence-electron chi connectivity index (χ0n) is 16.8. The number of fused-ring (bicyclic) bond motifs is 1. The van der Waals surface area contributed by atoms with Crippen LogP contribution in [0.15, 0.2) is 42.5 Å². The fourth-order valence-electron chi connectivity index (χ4n) is 3.82. The van der Waals surface area contributed by atoms with E-state index in [0.29, 0.717) is 13.1 Å². The van der Waals surface area contributed by atoms with Crippen LogP contribution in [0.2, 0.25) is 0 Å². The van der Waals surface area contributed by atoms with E-state index in [-0.39, 0.29) is 17.4 Å². The number of nitrogens with zero attached hydrogens (tertiary/aromatic N) is 7. The van der Waals surface area contributed by atoms with Gasteiger partial charge in [0.2, 0.25) is 6.79 Å². The minimum Gasteiger partial charge on any atom is -0.454 e. The summed E-state index contributed by atoms with van der Waals surface area (Å²) in [4.78, 5) is 15.0. The predicted molar refractivity (Wildman–Crippen MR) is 110 cm³/mol. The molecule has 11 heteroatoms. The molecule has 31 heavy (non-hydrogen) atoms. The van der Waals surface area contributed by atoms with Gasteiger partial charge in [0.05, 0.1) is 18.0 Å². The zero-order valence-corrected chi connectivity index (χ0v) is 16.8. The van der Waals surface area contributed by atoms with Gasteiger partial charge in [-0.2, -0.15) is 0 Å². The number of piperazine rings is 1. The van der Waals surface area contributed by atoms with E-state index in [1.165, 1.54) is 0 Å². The van der Waals surface area contributed by atoms with Gasteiger partial charge in [-0.05, 0) is 40.3 Å². The molecular formula is C20H21N7O4. The molecule has 2 aliphatic heterocycles. The molecule has 160 valence electrons. The van der Waals surface area contributed by atoms with Gasteiger partial charge in [-0.25, -0.2) is 4.68 Å². The number of tetrazole rings is 1. The van der Waals surface area contributed by atoms with E-state index in [2.05, 4.69) is 25.3 Å². The maximum atomic E-state index is 10.8. The van der Waals surface area contributed by atoms with E-state index in [4.69, 9.17) is 9.47 Å².